The van der Waals surface area contributed by atoms with Gasteiger partial charge in [-0.2, -0.15) is 0 Å². The molecule has 1 atom stereocenters. The summed E-state index contributed by atoms with van der Waals surface area (Å²) in [6, 6.07) is 0. The molecule has 0 spiro atoms. The van der Waals surface area contributed by atoms with Gasteiger partial charge in [0.1, 0.15) is 23.7 Å². The molecular weight excluding hydrogens is 476 g/mol. The number of amides is 2. The van der Waals surface area contributed by atoms with E-state index in [1.807, 2.05) is 39.0 Å². The van der Waals surface area contributed by atoms with Crippen molar-refractivity contribution < 1.29 is 34.1 Å². The van der Waals surface area contributed by atoms with Crippen molar-refractivity contribution in [1.82, 2.24) is 10.6 Å². The van der Waals surface area contributed by atoms with Crippen LogP contribution < -0.4 is 15.4 Å². The Morgan fingerprint density at radius 2 is 1.81 bits per heavy atom. The smallest absolute Gasteiger partial charge is 0.342 e. The van der Waals surface area contributed by atoms with E-state index in [2.05, 4.69) is 10.6 Å². The third-order valence-corrected chi connectivity index (χ3v) is 6.35. The van der Waals surface area contributed by atoms with Gasteiger partial charge in [0.15, 0.2) is 0 Å². The summed E-state index contributed by atoms with van der Waals surface area (Å²) in [5, 5.41) is 26.3. The van der Waals surface area contributed by atoms with E-state index in [-0.39, 0.29) is 29.7 Å². The molecule has 4 N–H and O–H groups in total. The third kappa shape index (κ3) is 8.93. The van der Waals surface area contributed by atoms with Crippen molar-refractivity contribution in [3.8, 4) is 11.5 Å². The number of cyclic esters (lactones) is 1. The van der Waals surface area contributed by atoms with Crippen LogP contribution in [-0.2, 0) is 27.4 Å². The maximum Gasteiger partial charge on any atom is 0.342 e. The lowest BCUT2D eigenvalue weighted by molar-refractivity contribution is -0.121. The van der Waals surface area contributed by atoms with Crippen LogP contribution in [0.4, 0.5) is 0 Å². The Labute approximate surface area is 218 Å². The van der Waals surface area contributed by atoms with E-state index in [4.69, 9.17) is 9.47 Å². The molecule has 0 bridgehead atoms. The minimum atomic E-state index is -0.607. The first-order valence-corrected chi connectivity index (χ1v) is 12.8. The summed E-state index contributed by atoms with van der Waals surface area (Å²) in [5.41, 5.74) is 3.10. The molecule has 2 amide bonds. The van der Waals surface area contributed by atoms with Crippen LogP contribution >= 0.6 is 0 Å². The van der Waals surface area contributed by atoms with E-state index in [1.54, 1.807) is 0 Å². The van der Waals surface area contributed by atoms with Crippen LogP contribution in [0.5, 0.6) is 11.5 Å². The van der Waals surface area contributed by atoms with E-state index < -0.39 is 12.1 Å². The second-order valence-electron chi connectivity index (χ2n) is 9.18. The van der Waals surface area contributed by atoms with Crippen molar-refractivity contribution in [3.63, 3.8) is 0 Å². The molecule has 1 aromatic carbocycles. The zero-order valence-electron chi connectivity index (χ0n) is 22.3. The number of nitrogens with one attached hydrogen (secondary N) is 2. The van der Waals surface area contributed by atoms with Crippen molar-refractivity contribution in [3.05, 3.63) is 46.1 Å². The second-order valence-corrected chi connectivity index (χ2v) is 9.18. The molecular formula is C28H40N2O7. The molecule has 0 saturated heterocycles. The van der Waals surface area contributed by atoms with Crippen molar-refractivity contribution in [2.75, 3.05) is 20.2 Å². The number of aromatic hydroxyl groups is 1. The second kappa shape index (κ2) is 15.0. The molecule has 1 heterocycles. The number of allylic oxidation sites excluding steroid dienone is 3. The number of phenolic OH excluding ortho intramolecular Hbond substituents is 1. The van der Waals surface area contributed by atoms with Crippen molar-refractivity contribution in [1.29, 1.82) is 0 Å². The molecule has 9 nitrogen and oxygen atoms in total. The van der Waals surface area contributed by atoms with Gasteiger partial charge < -0.3 is 30.3 Å². The predicted octanol–water partition coefficient (Wildman–Crippen LogP) is 3.38. The van der Waals surface area contributed by atoms with E-state index in [9.17, 15) is 24.6 Å². The van der Waals surface area contributed by atoms with Crippen LogP contribution in [-0.4, -0.2) is 54.3 Å². The summed E-state index contributed by atoms with van der Waals surface area (Å²) >= 11 is 0. The number of carbonyl (C=O) groups excluding carboxylic acids is 3. The molecule has 0 saturated carbocycles. The van der Waals surface area contributed by atoms with Gasteiger partial charge in [-0.1, -0.05) is 30.7 Å². The normalized spacial score (nSPS) is 13.9. The van der Waals surface area contributed by atoms with Crippen LogP contribution in [0.15, 0.2) is 23.8 Å². The standard InChI is InChI=1S/C28H40N2O7/c1-5-6-7-8-23(32)29-15-13-20(31)14-16-30-24(33)12-10-18(2)9-11-21-26(34)25-22(17-37-28(25)35)19(3)27(21)36-4/h6-7,9,20,31,34H,5,8,10-17H2,1-4H3,(H,29,32)(H,30,33)/b7-6-,18-9+. The first-order valence-electron chi connectivity index (χ1n) is 12.8. The highest BCUT2D eigenvalue weighted by Gasteiger charge is 2.31. The van der Waals surface area contributed by atoms with Crippen LogP contribution in [0.2, 0.25) is 0 Å². The monoisotopic (exact) mass is 516 g/mol. The fourth-order valence-corrected chi connectivity index (χ4v) is 4.14. The van der Waals surface area contributed by atoms with Gasteiger partial charge in [-0.15, -0.1) is 0 Å². The molecule has 1 aliphatic heterocycles. The van der Waals surface area contributed by atoms with Crippen molar-refractivity contribution in [2.24, 2.45) is 0 Å². The molecule has 37 heavy (non-hydrogen) atoms. The van der Waals surface area contributed by atoms with E-state index in [1.165, 1.54) is 7.11 Å². The SMILES string of the molecule is CC/C=C\CC(=O)NCCC(O)CCNC(=O)CC/C(C)=C/Cc1c(O)c2c(c(C)c1OC)COC2=O. The largest absolute Gasteiger partial charge is 0.507 e. The topological polar surface area (TPSA) is 134 Å². The Hall–Kier alpha value is -3.33. The number of methoxy groups -OCH3 is 1. The lowest BCUT2D eigenvalue weighted by Gasteiger charge is -2.15. The number of rotatable bonds is 15. The van der Waals surface area contributed by atoms with Gasteiger partial charge in [0.25, 0.3) is 0 Å². The molecule has 1 aliphatic rings. The van der Waals surface area contributed by atoms with Gasteiger partial charge in [0, 0.05) is 37.1 Å². The summed E-state index contributed by atoms with van der Waals surface area (Å²) in [5.74, 6) is -0.314. The van der Waals surface area contributed by atoms with Gasteiger partial charge in [-0.25, -0.2) is 4.79 Å². The zero-order valence-corrected chi connectivity index (χ0v) is 22.3. The van der Waals surface area contributed by atoms with Gasteiger partial charge in [0.05, 0.1) is 13.2 Å². The number of benzene rings is 1. The number of aliphatic hydroxyl groups is 1. The summed E-state index contributed by atoms with van der Waals surface area (Å²) in [4.78, 5) is 35.9. The zero-order chi connectivity index (χ0) is 27.4. The molecule has 204 valence electrons. The highest BCUT2D eigenvalue weighted by atomic mass is 16.5. The van der Waals surface area contributed by atoms with Crippen LogP contribution in [0, 0.1) is 6.92 Å². The Morgan fingerprint density at radius 3 is 2.46 bits per heavy atom. The molecule has 0 radical (unpaired) electrons. The summed E-state index contributed by atoms with van der Waals surface area (Å²) in [6.45, 7) is 6.61. The van der Waals surface area contributed by atoms with Gasteiger partial charge in [0.2, 0.25) is 11.8 Å². The molecule has 0 aromatic heterocycles. The van der Waals surface area contributed by atoms with Crippen LogP contribution in [0.1, 0.15) is 79.4 Å². The number of phenols is 1. The van der Waals surface area contributed by atoms with Gasteiger partial charge >= 0.3 is 5.97 Å². The molecule has 1 unspecified atom stereocenters. The van der Waals surface area contributed by atoms with E-state index in [0.29, 0.717) is 68.5 Å². The Kier molecular flexibility index (Phi) is 12.2. The number of carbonyl (C=O) groups is 3. The predicted molar refractivity (Wildman–Crippen MR) is 141 cm³/mol. The first-order chi connectivity index (χ1) is 17.7. The number of fused-ring (bicyclic) bond motifs is 1. The highest BCUT2D eigenvalue weighted by Crippen LogP contribution is 2.42. The molecule has 9 heteroatoms. The number of ether oxygens (including phenoxy) is 2. The number of hydrogen-bond donors (Lipinski definition) is 4. The summed E-state index contributed by atoms with van der Waals surface area (Å²) in [7, 11) is 1.52. The lowest BCUT2D eigenvalue weighted by Crippen LogP contribution is -2.30. The van der Waals surface area contributed by atoms with E-state index >= 15 is 0 Å². The fourth-order valence-electron chi connectivity index (χ4n) is 4.14. The number of esters is 1. The fraction of sp³-hybridized carbons (Fsp3) is 0.536. The lowest BCUT2D eigenvalue weighted by atomic mass is 9.94. The first kappa shape index (κ1) is 29.9. The van der Waals surface area contributed by atoms with E-state index in [0.717, 1.165) is 17.6 Å². The van der Waals surface area contributed by atoms with Crippen molar-refractivity contribution in [2.45, 2.75) is 78.4 Å². The molecule has 0 aliphatic carbocycles. The minimum Gasteiger partial charge on any atom is -0.507 e. The van der Waals surface area contributed by atoms with Crippen LogP contribution in [0.3, 0.4) is 0 Å². The van der Waals surface area contributed by atoms with Crippen LogP contribution in [0.25, 0.3) is 0 Å². The average molecular weight is 517 g/mol. The minimum absolute atomic E-state index is 0.0731. The maximum atomic E-state index is 12.2. The maximum absolute atomic E-state index is 12.2. The number of hydrogen-bond acceptors (Lipinski definition) is 7. The Bertz CT molecular complexity index is 1030. The van der Waals surface area contributed by atoms with Crippen molar-refractivity contribution >= 4 is 17.8 Å². The third-order valence-electron chi connectivity index (χ3n) is 6.35. The average Bonchev–Trinajstić information content (AvgIpc) is 3.26. The highest BCUT2D eigenvalue weighted by molar-refractivity contribution is 5.98. The quantitative estimate of drug-likeness (QED) is 0.207. The summed E-state index contributed by atoms with van der Waals surface area (Å²) < 4.78 is 10.6. The van der Waals surface area contributed by atoms with Gasteiger partial charge in [-0.3, -0.25) is 9.59 Å². The molecule has 0 fully saturated rings. The molecule has 1 aromatic rings. The number of aliphatic hydroxyl groups excluding tert-OH is 1. The Morgan fingerprint density at radius 1 is 1.14 bits per heavy atom. The summed E-state index contributed by atoms with van der Waals surface area (Å²) in [6.07, 6.45) is 8.29. The van der Waals surface area contributed by atoms with Gasteiger partial charge in [-0.05, 0) is 51.5 Å². The molecule has 2 rings (SSSR count). The Balaban J connectivity index is 1.74.